The number of carbonyl (C=O) groups excluding carboxylic acids is 1. The number of rotatable bonds is 3. The largest absolute Gasteiger partial charge is 0.478 e. The van der Waals surface area contributed by atoms with E-state index in [1.54, 1.807) is 0 Å². The first-order valence-corrected chi connectivity index (χ1v) is 7.94. The molecule has 1 aromatic heterocycles. The van der Waals surface area contributed by atoms with Crippen LogP contribution in [0.25, 0.3) is 11.0 Å². The Hall–Kier alpha value is -2.34. The van der Waals surface area contributed by atoms with E-state index < -0.39 is 11.6 Å². The van der Waals surface area contributed by atoms with Crippen molar-refractivity contribution in [1.29, 1.82) is 0 Å². The molecule has 0 saturated carbocycles. The minimum atomic E-state index is -0.500. The minimum Gasteiger partial charge on any atom is -0.478 e. The van der Waals surface area contributed by atoms with Crippen molar-refractivity contribution in [3.63, 3.8) is 0 Å². The molecule has 0 N–H and O–H groups in total. The molecule has 0 spiro atoms. The van der Waals surface area contributed by atoms with Crippen molar-refractivity contribution in [3.8, 4) is 5.75 Å². The Morgan fingerprint density at radius 2 is 2.12 bits per heavy atom. The van der Waals surface area contributed by atoms with Gasteiger partial charge in [0.2, 0.25) is 0 Å². The highest BCUT2D eigenvalue weighted by Crippen LogP contribution is 2.34. The third-order valence-electron chi connectivity index (χ3n) is 4.54. The molecule has 1 aliphatic rings. The number of hydrogen-bond donors (Lipinski definition) is 0. The van der Waals surface area contributed by atoms with Crippen molar-refractivity contribution in [3.05, 3.63) is 39.2 Å². The highest BCUT2D eigenvalue weighted by atomic mass is 16.5. The zero-order valence-electron chi connectivity index (χ0n) is 14.3. The lowest BCUT2D eigenvalue weighted by molar-refractivity contribution is -0.139. The number of nitrogens with zero attached hydrogens (tertiary/aromatic N) is 1. The standard InChI is InChI=1S/C18H21NO5/c1-10(2)19-8-14-15(23-9-19)6-5-12-11(3)13(7-16(20)22-4)18(21)24-17(12)14/h5-6,10H,7-9H2,1-4H3. The molecular formula is C18H21NO5. The number of hydrogen-bond acceptors (Lipinski definition) is 6. The molecule has 1 aliphatic heterocycles. The number of esters is 1. The highest BCUT2D eigenvalue weighted by molar-refractivity contribution is 5.87. The lowest BCUT2D eigenvalue weighted by atomic mass is 10.00. The summed E-state index contributed by atoms with van der Waals surface area (Å²) in [4.78, 5) is 26.1. The molecule has 128 valence electrons. The summed E-state index contributed by atoms with van der Waals surface area (Å²) >= 11 is 0. The first kappa shape index (κ1) is 16.5. The summed E-state index contributed by atoms with van der Waals surface area (Å²) in [5.41, 5.74) is 1.99. The van der Waals surface area contributed by atoms with Gasteiger partial charge < -0.3 is 13.9 Å². The van der Waals surface area contributed by atoms with Gasteiger partial charge in [0.25, 0.3) is 0 Å². The first-order chi connectivity index (χ1) is 11.4. The molecule has 0 radical (unpaired) electrons. The monoisotopic (exact) mass is 331 g/mol. The van der Waals surface area contributed by atoms with Gasteiger partial charge >= 0.3 is 11.6 Å². The van der Waals surface area contributed by atoms with E-state index in [1.165, 1.54) is 7.11 Å². The van der Waals surface area contributed by atoms with E-state index in [4.69, 9.17) is 9.15 Å². The highest BCUT2D eigenvalue weighted by Gasteiger charge is 2.25. The molecule has 0 amide bonds. The third-order valence-corrected chi connectivity index (χ3v) is 4.54. The van der Waals surface area contributed by atoms with Crippen LogP contribution in [0.2, 0.25) is 0 Å². The molecule has 0 unspecified atom stereocenters. The summed E-state index contributed by atoms with van der Waals surface area (Å²) in [5.74, 6) is 0.277. The van der Waals surface area contributed by atoms with Crippen LogP contribution in [0.5, 0.6) is 5.75 Å². The number of fused-ring (bicyclic) bond motifs is 3. The van der Waals surface area contributed by atoms with E-state index in [-0.39, 0.29) is 6.42 Å². The molecule has 6 heteroatoms. The molecule has 0 fully saturated rings. The van der Waals surface area contributed by atoms with Gasteiger partial charge in [-0.1, -0.05) is 0 Å². The summed E-state index contributed by atoms with van der Waals surface area (Å²) in [7, 11) is 1.30. The Morgan fingerprint density at radius 3 is 2.79 bits per heavy atom. The predicted molar refractivity (Wildman–Crippen MR) is 89.1 cm³/mol. The van der Waals surface area contributed by atoms with E-state index in [1.807, 2.05) is 19.1 Å². The van der Waals surface area contributed by atoms with E-state index in [2.05, 4.69) is 23.5 Å². The summed E-state index contributed by atoms with van der Waals surface area (Å²) in [5, 5.41) is 0.821. The maximum Gasteiger partial charge on any atom is 0.340 e. The molecule has 2 aromatic rings. The second-order valence-corrected chi connectivity index (χ2v) is 6.28. The topological polar surface area (TPSA) is 69.0 Å². The van der Waals surface area contributed by atoms with E-state index in [9.17, 15) is 9.59 Å². The van der Waals surface area contributed by atoms with Gasteiger partial charge in [-0.25, -0.2) is 4.79 Å². The Labute approximate surface area is 140 Å². The fraction of sp³-hybridized carbons (Fsp3) is 0.444. The van der Waals surface area contributed by atoms with Gasteiger partial charge in [-0.15, -0.1) is 0 Å². The van der Waals surface area contributed by atoms with Gasteiger partial charge in [0.05, 0.1) is 24.7 Å². The zero-order valence-corrected chi connectivity index (χ0v) is 14.3. The molecule has 0 atom stereocenters. The molecule has 0 bridgehead atoms. The fourth-order valence-electron chi connectivity index (χ4n) is 2.93. The van der Waals surface area contributed by atoms with E-state index in [0.29, 0.717) is 30.5 Å². The second kappa shape index (κ2) is 6.28. The molecule has 6 nitrogen and oxygen atoms in total. The average Bonchev–Trinajstić information content (AvgIpc) is 2.57. The van der Waals surface area contributed by atoms with Crippen LogP contribution >= 0.6 is 0 Å². The van der Waals surface area contributed by atoms with Gasteiger partial charge in [-0.3, -0.25) is 9.69 Å². The average molecular weight is 331 g/mol. The van der Waals surface area contributed by atoms with Crippen LogP contribution in [-0.2, 0) is 22.5 Å². The van der Waals surface area contributed by atoms with Crippen LogP contribution in [0, 0.1) is 6.92 Å². The van der Waals surface area contributed by atoms with Gasteiger partial charge in [-0.2, -0.15) is 0 Å². The summed E-state index contributed by atoms with van der Waals surface area (Å²) in [6.45, 7) is 7.18. The molecule has 1 aromatic carbocycles. The summed E-state index contributed by atoms with van der Waals surface area (Å²) in [6, 6.07) is 4.09. The maximum atomic E-state index is 12.4. The van der Waals surface area contributed by atoms with Gasteiger partial charge in [0, 0.05) is 18.0 Å². The number of aryl methyl sites for hydroxylation is 1. The smallest absolute Gasteiger partial charge is 0.340 e. The van der Waals surface area contributed by atoms with Crippen LogP contribution in [-0.4, -0.2) is 30.8 Å². The maximum absolute atomic E-state index is 12.4. The van der Waals surface area contributed by atoms with Crippen molar-refractivity contribution in [1.82, 2.24) is 4.90 Å². The van der Waals surface area contributed by atoms with Crippen LogP contribution in [0.1, 0.15) is 30.5 Å². The van der Waals surface area contributed by atoms with Crippen molar-refractivity contribution in [2.75, 3.05) is 13.8 Å². The summed E-state index contributed by atoms with van der Waals surface area (Å²) in [6.07, 6.45) is -0.0910. The van der Waals surface area contributed by atoms with Crippen LogP contribution in [0.3, 0.4) is 0 Å². The van der Waals surface area contributed by atoms with Crippen LogP contribution < -0.4 is 10.4 Å². The molecule has 3 rings (SSSR count). The van der Waals surface area contributed by atoms with E-state index in [0.717, 1.165) is 22.3 Å². The normalized spacial score (nSPS) is 14.5. The Morgan fingerprint density at radius 1 is 1.38 bits per heavy atom. The minimum absolute atomic E-state index is 0.0910. The molecule has 2 heterocycles. The number of benzene rings is 1. The SMILES string of the molecule is COC(=O)Cc1c(C)c2ccc3c(c2oc1=O)CN(C(C)C)CO3. The molecule has 24 heavy (non-hydrogen) atoms. The van der Waals surface area contributed by atoms with Crippen molar-refractivity contribution in [2.24, 2.45) is 0 Å². The summed E-state index contributed by atoms with van der Waals surface area (Å²) < 4.78 is 16.0. The Bertz CT molecular complexity index is 853. The predicted octanol–water partition coefficient (Wildman–Crippen LogP) is 2.38. The quantitative estimate of drug-likeness (QED) is 0.635. The number of ether oxygens (including phenoxy) is 2. The Kier molecular flexibility index (Phi) is 4.32. The van der Waals surface area contributed by atoms with Crippen molar-refractivity contribution in [2.45, 2.75) is 39.8 Å². The second-order valence-electron chi connectivity index (χ2n) is 6.28. The zero-order chi connectivity index (χ0) is 17.4. The third kappa shape index (κ3) is 2.78. The van der Waals surface area contributed by atoms with Crippen molar-refractivity contribution >= 4 is 16.9 Å². The molecule has 0 saturated heterocycles. The molecular weight excluding hydrogens is 310 g/mol. The first-order valence-electron chi connectivity index (χ1n) is 7.94. The van der Waals surface area contributed by atoms with E-state index >= 15 is 0 Å². The Balaban J connectivity index is 2.15. The lowest BCUT2D eigenvalue weighted by Crippen LogP contribution is -2.37. The van der Waals surface area contributed by atoms with Gasteiger partial charge in [0.1, 0.15) is 18.1 Å². The van der Waals surface area contributed by atoms with Gasteiger partial charge in [-0.05, 0) is 38.5 Å². The fourth-order valence-corrected chi connectivity index (χ4v) is 2.93. The number of carbonyl (C=O) groups is 1. The lowest BCUT2D eigenvalue weighted by Gasteiger charge is -2.32. The number of methoxy groups -OCH3 is 1. The van der Waals surface area contributed by atoms with Crippen molar-refractivity contribution < 1.29 is 18.7 Å². The van der Waals surface area contributed by atoms with Crippen LogP contribution in [0.15, 0.2) is 21.3 Å². The van der Waals surface area contributed by atoms with Gasteiger partial charge in [0.15, 0.2) is 0 Å². The van der Waals surface area contributed by atoms with Crippen LogP contribution in [0.4, 0.5) is 0 Å². The molecule has 0 aliphatic carbocycles.